The summed E-state index contributed by atoms with van der Waals surface area (Å²) >= 11 is 0. The molecule has 4 N–H and O–H groups in total. The Balaban J connectivity index is 2.16. The number of H-pyrrole nitrogens is 1. The first-order chi connectivity index (χ1) is 9.38. The summed E-state index contributed by atoms with van der Waals surface area (Å²) in [6.07, 6.45) is 1.22. The lowest BCUT2D eigenvalue weighted by Gasteiger charge is -2.11. The highest BCUT2D eigenvalue weighted by Crippen LogP contribution is 2.21. The van der Waals surface area contributed by atoms with E-state index >= 15 is 0 Å². The molecule has 0 aliphatic heterocycles. The van der Waals surface area contributed by atoms with E-state index in [0.29, 0.717) is 11.4 Å². The van der Waals surface area contributed by atoms with Crippen LogP contribution in [0.2, 0.25) is 0 Å². The van der Waals surface area contributed by atoms with E-state index in [1.54, 1.807) is 24.3 Å². The van der Waals surface area contributed by atoms with E-state index in [4.69, 9.17) is 10.5 Å². The van der Waals surface area contributed by atoms with E-state index < -0.39 is 10.0 Å². The fourth-order valence-electron chi connectivity index (χ4n) is 1.58. The number of nitrogen functional groups attached to an aromatic ring is 1. The van der Waals surface area contributed by atoms with Crippen molar-refractivity contribution < 1.29 is 13.2 Å². The third-order valence-electron chi connectivity index (χ3n) is 2.40. The summed E-state index contributed by atoms with van der Waals surface area (Å²) in [6.45, 7) is 3.83. The minimum Gasteiger partial charge on any atom is -0.491 e. The number of sulfonamides is 1. The van der Waals surface area contributed by atoms with Gasteiger partial charge in [0.2, 0.25) is 0 Å². The highest BCUT2D eigenvalue weighted by atomic mass is 32.2. The maximum absolute atomic E-state index is 12.1. The zero-order chi connectivity index (χ0) is 14.8. The van der Waals surface area contributed by atoms with Crippen LogP contribution >= 0.6 is 0 Å². The SMILES string of the molecule is CC(C)Oc1ccc(NS(=O)(=O)c2cn[nH]c2N)cc1. The molecule has 0 bridgehead atoms. The van der Waals surface area contributed by atoms with Crippen LogP contribution in [0.15, 0.2) is 35.4 Å². The molecule has 0 aliphatic carbocycles. The topological polar surface area (TPSA) is 110 Å². The first-order valence-electron chi connectivity index (χ1n) is 5.97. The van der Waals surface area contributed by atoms with E-state index in [-0.39, 0.29) is 16.8 Å². The summed E-state index contributed by atoms with van der Waals surface area (Å²) in [5.41, 5.74) is 5.92. The Labute approximate surface area is 117 Å². The van der Waals surface area contributed by atoms with Gasteiger partial charge >= 0.3 is 0 Å². The molecule has 0 atom stereocenters. The number of aromatic nitrogens is 2. The number of benzene rings is 1. The fraction of sp³-hybridized carbons (Fsp3) is 0.250. The second-order valence-corrected chi connectivity index (χ2v) is 6.10. The van der Waals surface area contributed by atoms with E-state index in [2.05, 4.69) is 14.9 Å². The van der Waals surface area contributed by atoms with Crippen LogP contribution in [0, 0.1) is 0 Å². The Hall–Kier alpha value is -2.22. The van der Waals surface area contributed by atoms with Crippen LogP contribution in [0.1, 0.15) is 13.8 Å². The van der Waals surface area contributed by atoms with Crippen molar-refractivity contribution in [1.82, 2.24) is 10.2 Å². The van der Waals surface area contributed by atoms with Gasteiger partial charge in [0.1, 0.15) is 16.5 Å². The van der Waals surface area contributed by atoms with Crippen LogP contribution < -0.4 is 15.2 Å². The molecular formula is C12H16N4O3S. The molecule has 20 heavy (non-hydrogen) atoms. The normalized spacial score (nSPS) is 11.6. The monoisotopic (exact) mass is 296 g/mol. The molecule has 0 fully saturated rings. The summed E-state index contributed by atoms with van der Waals surface area (Å²) in [7, 11) is -3.75. The lowest BCUT2D eigenvalue weighted by molar-refractivity contribution is 0.242. The number of nitrogens with zero attached hydrogens (tertiary/aromatic N) is 1. The third kappa shape index (κ3) is 3.21. The van der Waals surface area contributed by atoms with Crippen molar-refractivity contribution in [3.8, 4) is 5.75 Å². The van der Waals surface area contributed by atoms with Crippen molar-refractivity contribution in [3.05, 3.63) is 30.5 Å². The molecule has 0 aliphatic rings. The fourth-order valence-corrected chi connectivity index (χ4v) is 2.67. The Morgan fingerprint density at radius 1 is 1.30 bits per heavy atom. The molecule has 0 amide bonds. The molecule has 0 saturated carbocycles. The molecule has 0 radical (unpaired) electrons. The third-order valence-corrected chi connectivity index (χ3v) is 3.81. The van der Waals surface area contributed by atoms with E-state index in [9.17, 15) is 8.42 Å². The summed E-state index contributed by atoms with van der Waals surface area (Å²) in [5.74, 6) is 0.669. The average Bonchev–Trinajstić information content (AvgIpc) is 2.78. The van der Waals surface area contributed by atoms with E-state index in [1.807, 2.05) is 13.8 Å². The zero-order valence-electron chi connectivity index (χ0n) is 11.1. The van der Waals surface area contributed by atoms with Gasteiger partial charge in [-0.15, -0.1) is 0 Å². The standard InChI is InChI=1S/C12H16N4O3S/c1-8(2)19-10-5-3-9(4-6-10)16-20(17,18)11-7-14-15-12(11)13/h3-8,16H,1-2H3,(H3,13,14,15). The van der Waals surface area contributed by atoms with Crippen LogP contribution in [-0.2, 0) is 10.0 Å². The van der Waals surface area contributed by atoms with E-state index in [0.717, 1.165) is 6.20 Å². The predicted molar refractivity (Wildman–Crippen MR) is 76.0 cm³/mol. The Morgan fingerprint density at radius 3 is 2.45 bits per heavy atom. The molecule has 1 aromatic carbocycles. The van der Waals surface area contributed by atoms with Gasteiger partial charge in [-0.05, 0) is 38.1 Å². The Kier molecular flexibility index (Phi) is 3.84. The summed E-state index contributed by atoms with van der Waals surface area (Å²) < 4.78 is 32.0. The molecule has 1 heterocycles. The first-order valence-corrected chi connectivity index (χ1v) is 7.45. The molecule has 108 valence electrons. The highest BCUT2D eigenvalue weighted by Gasteiger charge is 2.19. The summed E-state index contributed by atoms with van der Waals surface area (Å²) in [6, 6.07) is 6.62. The predicted octanol–water partition coefficient (Wildman–Crippen LogP) is 1.58. The van der Waals surface area contributed by atoms with Crippen molar-refractivity contribution in [3.63, 3.8) is 0 Å². The van der Waals surface area contributed by atoms with E-state index in [1.165, 1.54) is 0 Å². The van der Waals surface area contributed by atoms with Crippen molar-refractivity contribution in [1.29, 1.82) is 0 Å². The van der Waals surface area contributed by atoms with Crippen molar-refractivity contribution in [2.24, 2.45) is 0 Å². The van der Waals surface area contributed by atoms with Crippen molar-refractivity contribution >= 4 is 21.5 Å². The van der Waals surface area contributed by atoms with Crippen LogP contribution in [0.25, 0.3) is 0 Å². The van der Waals surface area contributed by atoms with Gasteiger partial charge < -0.3 is 10.5 Å². The minimum absolute atomic E-state index is 0.00254. The average molecular weight is 296 g/mol. The van der Waals surface area contributed by atoms with Gasteiger partial charge in [0.15, 0.2) is 0 Å². The zero-order valence-corrected chi connectivity index (χ0v) is 11.9. The van der Waals surface area contributed by atoms with Crippen LogP contribution in [-0.4, -0.2) is 24.7 Å². The summed E-state index contributed by atoms with van der Waals surface area (Å²) in [5, 5.41) is 5.97. The van der Waals surface area contributed by atoms with Crippen LogP contribution in [0.4, 0.5) is 11.5 Å². The first kappa shape index (κ1) is 14.2. The quantitative estimate of drug-likeness (QED) is 0.776. The Morgan fingerprint density at radius 2 is 1.95 bits per heavy atom. The summed E-state index contributed by atoms with van der Waals surface area (Å²) in [4.78, 5) is -0.0833. The molecule has 2 aromatic rings. The molecule has 1 aromatic heterocycles. The number of hydrogen-bond acceptors (Lipinski definition) is 5. The number of anilines is 2. The van der Waals surface area contributed by atoms with Gasteiger partial charge in [-0.1, -0.05) is 0 Å². The molecule has 0 spiro atoms. The van der Waals surface area contributed by atoms with Gasteiger partial charge in [-0.25, -0.2) is 8.42 Å². The molecule has 0 unspecified atom stereocenters. The Bertz CT molecular complexity index is 677. The van der Waals surface area contributed by atoms with Crippen molar-refractivity contribution in [2.75, 3.05) is 10.5 Å². The number of rotatable bonds is 5. The molecule has 8 heteroatoms. The largest absolute Gasteiger partial charge is 0.491 e. The second kappa shape index (κ2) is 5.41. The van der Waals surface area contributed by atoms with Gasteiger partial charge in [0.05, 0.1) is 12.3 Å². The maximum Gasteiger partial charge on any atom is 0.267 e. The number of hydrogen-bond donors (Lipinski definition) is 3. The van der Waals surface area contributed by atoms with Crippen molar-refractivity contribution in [2.45, 2.75) is 24.8 Å². The van der Waals surface area contributed by atoms with Gasteiger partial charge in [-0.2, -0.15) is 5.10 Å². The number of nitrogens with two attached hydrogens (primary N) is 1. The number of nitrogens with one attached hydrogen (secondary N) is 2. The molecule has 0 saturated heterocycles. The lowest BCUT2D eigenvalue weighted by Crippen LogP contribution is -2.14. The highest BCUT2D eigenvalue weighted by molar-refractivity contribution is 7.92. The second-order valence-electron chi connectivity index (χ2n) is 4.44. The van der Waals surface area contributed by atoms with Gasteiger partial charge in [0, 0.05) is 5.69 Å². The molecule has 2 rings (SSSR count). The van der Waals surface area contributed by atoms with Crippen LogP contribution in [0.3, 0.4) is 0 Å². The lowest BCUT2D eigenvalue weighted by atomic mass is 10.3. The number of ether oxygens (including phenoxy) is 1. The molecular weight excluding hydrogens is 280 g/mol. The van der Waals surface area contributed by atoms with Crippen LogP contribution in [0.5, 0.6) is 5.75 Å². The molecule has 7 nitrogen and oxygen atoms in total. The van der Waals surface area contributed by atoms with Gasteiger partial charge in [-0.3, -0.25) is 9.82 Å². The minimum atomic E-state index is -3.75. The smallest absolute Gasteiger partial charge is 0.267 e. The van der Waals surface area contributed by atoms with Gasteiger partial charge in [0.25, 0.3) is 10.0 Å². The number of aromatic amines is 1. The maximum atomic E-state index is 12.1.